The van der Waals surface area contributed by atoms with Crippen LogP contribution in [0.25, 0.3) is 0 Å². The van der Waals surface area contributed by atoms with Crippen molar-refractivity contribution >= 4 is 33.7 Å². The van der Waals surface area contributed by atoms with Crippen molar-refractivity contribution in [1.82, 2.24) is 0 Å². The van der Waals surface area contributed by atoms with Gasteiger partial charge in [-0.05, 0) is 24.3 Å². The minimum atomic E-state index is -0.656. The second-order valence-electron chi connectivity index (χ2n) is 3.99. The van der Waals surface area contributed by atoms with E-state index in [0.717, 1.165) is 10.5 Å². The molecule has 0 fully saturated rings. The number of hydrogen-bond donors (Lipinski definition) is 0. The number of benzene rings is 2. The first-order valence-electron chi connectivity index (χ1n) is 5.57. The summed E-state index contributed by atoms with van der Waals surface area (Å²) in [5.74, 6) is -0.302. The molecule has 0 saturated carbocycles. The summed E-state index contributed by atoms with van der Waals surface area (Å²) in [5.41, 5.74) is 0.238. The third-order valence-corrected chi connectivity index (χ3v) is 3.19. The number of rotatable bonds is 4. The molecule has 0 spiro atoms. The summed E-state index contributed by atoms with van der Waals surface area (Å²) in [6.07, 6.45) is 0.371. The van der Waals surface area contributed by atoms with Gasteiger partial charge in [-0.25, -0.2) is 0 Å². The zero-order valence-electron chi connectivity index (χ0n) is 10.1. The van der Waals surface area contributed by atoms with Crippen LogP contribution in [-0.4, -0.2) is 17.0 Å². The van der Waals surface area contributed by atoms with Crippen molar-refractivity contribution in [3.8, 4) is 0 Å². The van der Waals surface area contributed by atoms with Crippen LogP contribution in [0, 0.1) is 10.1 Å². The van der Waals surface area contributed by atoms with Crippen LogP contribution in [-0.2, 0) is 0 Å². The summed E-state index contributed by atoms with van der Waals surface area (Å²) >= 11 is 3.26. The van der Waals surface area contributed by atoms with E-state index in [9.17, 15) is 19.7 Å². The monoisotopic (exact) mass is 333 g/mol. The van der Waals surface area contributed by atoms with Gasteiger partial charge in [0.25, 0.3) is 5.69 Å². The average Bonchev–Trinajstić information content (AvgIpc) is 2.45. The Morgan fingerprint density at radius 1 is 1.15 bits per heavy atom. The fraction of sp³-hybridized carbons (Fsp3) is 0. The van der Waals surface area contributed by atoms with Crippen LogP contribution in [0.3, 0.4) is 0 Å². The van der Waals surface area contributed by atoms with Crippen molar-refractivity contribution in [2.24, 2.45) is 0 Å². The number of ketones is 1. The largest absolute Gasteiger partial charge is 0.298 e. The second kappa shape index (κ2) is 5.75. The molecule has 0 atom stereocenters. The number of hydrogen-bond acceptors (Lipinski definition) is 4. The van der Waals surface area contributed by atoms with Crippen LogP contribution in [0.15, 0.2) is 46.9 Å². The predicted octanol–water partition coefficient (Wildman–Crippen LogP) is 3.40. The molecule has 2 aromatic carbocycles. The maximum atomic E-state index is 12.2. The molecule has 100 valence electrons. The molecule has 2 aromatic rings. The molecule has 0 unspecified atom stereocenters. The van der Waals surface area contributed by atoms with E-state index in [0.29, 0.717) is 11.8 Å². The van der Waals surface area contributed by atoms with E-state index in [4.69, 9.17) is 0 Å². The molecule has 0 aliphatic rings. The number of carbonyl (C=O) groups is 2. The van der Waals surface area contributed by atoms with Gasteiger partial charge in [0.1, 0.15) is 0 Å². The first-order valence-corrected chi connectivity index (χ1v) is 6.36. The molecule has 0 aliphatic heterocycles. The first-order chi connectivity index (χ1) is 9.52. The Labute approximate surface area is 122 Å². The van der Waals surface area contributed by atoms with E-state index in [2.05, 4.69) is 15.9 Å². The van der Waals surface area contributed by atoms with Crippen LogP contribution in [0.5, 0.6) is 0 Å². The molecule has 0 aromatic heterocycles. The maximum Gasteiger partial charge on any atom is 0.279 e. The van der Waals surface area contributed by atoms with Crippen molar-refractivity contribution in [3.63, 3.8) is 0 Å². The molecule has 0 N–H and O–H groups in total. The van der Waals surface area contributed by atoms with Crippen LogP contribution in [0.4, 0.5) is 5.69 Å². The predicted molar refractivity (Wildman–Crippen MR) is 76.1 cm³/mol. The van der Waals surface area contributed by atoms with Crippen molar-refractivity contribution < 1.29 is 14.5 Å². The van der Waals surface area contributed by atoms with Gasteiger partial charge < -0.3 is 0 Å². The van der Waals surface area contributed by atoms with Gasteiger partial charge >= 0.3 is 0 Å². The van der Waals surface area contributed by atoms with Crippen molar-refractivity contribution in [2.75, 3.05) is 0 Å². The summed E-state index contributed by atoms with van der Waals surface area (Å²) in [4.78, 5) is 33.2. The van der Waals surface area contributed by atoms with E-state index in [-0.39, 0.29) is 22.6 Å². The summed E-state index contributed by atoms with van der Waals surface area (Å²) in [7, 11) is 0. The Bertz CT molecular complexity index is 712. The molecule has 0 bridgehead atoms. The second-order valence-corrected chi connectivity index (χ2v) is 4.90. The van der Waals surface area contributed by atoms with Crippen molar-refractivity contribution in [3.05, 3.63) is 73.7 Å². The highest BCUT2D eigenvalue weighted by atomic mass is 79.9. The lowest BCUT2D eigenvalue weighted by molar-refractivity contribution is -0.385. The van der Waals surface area contributed by atoms with E-state index in [1.165, 1.54) is 12.1 Å². The summed E-state index contributed by atoms with van der Waals surface area (Å²) in [6, 6.07) is 10.5. The lowest BCUT2D eigenvalue weighted by Crippen LogP contribution is -2.03. The van der Waals surface area contributed by atoms with E-state index in [1.54, 1.807) is 24.3 Å². The van der Waals surface area contributed by atoms with Crippen LogP contribution >= 0.6 is 15.9 Å². The quantitative estimate of drug-likeness (QED) is 0.372. The summed E-state index contributed by atoms with van der Waals surface area (Å²) in [6.45, 7) is 0. The van der Waals surface area contributed by atoms with Crippen molar-refractivity contribution in [2.45, 2.75) is 0 Å². The topological polar surface area (TPSA) is 77.3 Å². The zero-order chi connectivity index (χ0) is 14.7. The third-order valence-electron chi connectivity index (χ3n) is 2.70. The number of nitrogens with zero attached hydrogens (tertiary/aromatic N) is 1. The molecular formula is C14H8BrNO4. The van der Waals surface area contributed by atoms with E-state index < -0.39 is 4.92 Å². The Kier molecular flexibility index (Phi) is 4.05. The maximum absolute atomic E-state index is 12.2. The minimum absolute atomic E-state index is 0.115. The molecule has 20 heavy (non-hydrogen) atoms. The number of carbonyl (C=O) groups excluding carboxylic acids is 2. The molecule has 0 aliphatic carbocycles. The van der Waals surface area contributed by atoms with Crippen LogP contribution in [0.1, 0.15) is 26.3 Å². The minimum Gasteiger partial charge on any atom is -0.298 e. The van der Waals surface area contributed by atoms with Gasteiger partial charge in [0, 0.05) is 21.7 Å². The highest BCUT2D eigenvalue weighted by molar-refractivity contribution is 9.10. The number of nitro groups is 1. The SMILES string of the molecule is O=Cc1cc(C(=O)c2cccc(Br)c2)ccc1[N+](=O)[O-]. The number of nitro benzene ring substituents is 1. The molecular weight excluding hydrogens is 326 g/mol. The van der Waals surface area contributed by atoms with Gasteiger partial charge in [-0.1, -0.05) is 28.1 Å². The smallest absolute Gasteiger partial charge is 0.279 e. The molecule has 0 heterocycles. The lowest BCUT2D eigenvalue weighted by atomic mass is 10.0. The molecule has 6 heteroatoms. The first kappa shape index (κ1) is 14.1. The van der Waals surface area contributed by atoms with Gasteiger partial charge in [0.05, 0.1) is 10.5 Å². The van der Waals surface area contributed by atoms with E-state index >= 15 is 0 Å². The van der Waals surface area contributed by atoms with Gasteiger partial charge in [-0.15, -0.1) is 0 Å². The van der Waals surface area contributed by atoms with E-state index in [1.807, 2.05) is 0 Å². The van der Waals surface area contributed by atoms with Crippen LogP contribution in [0.2, 0.25) is 0 Å². The fourth-order valence-corrected chi connectivity index (χ4v) is 2.15. The Morgan fingerprint density at radius 2 is 1.85 bits per heavy atom. The Morgan fingerprint density at radius 3 is 2.45 bits per heavy atom. The van der Waals surface area contributed by atoms with Gasteiger partial charge in [-0.2, -0.15) is 0 Å². The average molecular weight is 334 g/mol. The number of aldehydes is 1. The molecule has 0 amide bonds. The molecule has 0 radical (unpaired) electrons. The van der Waals surface area contributed by atoms with Gasteiger partial charge in [-0.3, -0.25) is 19.7 Å². The zero-order valence-corrected chi connectivity index (χ0v) is 11.7. The fourth-order valence-electron chi connectivity index (χ4n) is 1.75. The Balaban J connectivity index is 2.46. The number of halogens is 1. The summed E-state index contributed by atoms with van der Waals surface area (Å²) < 4.78 is 0.751. The molecule has 2 rings (SSSR count). The highest BCUT2D eigenvalue weighted by Gasteiger charge is 2.17. The highest BCUT2D eigenvalue weighted by Crippen LogP contribution is 2.21. The molecule has 5 nitrogen and oxygen atoms in total. The summed E-state index contributed by atoms with van der Waals surface area (Å²) in [5, 5.41) is 10.7. The Hall–Kier alpha value is -2.34. The normalized spacial score (nSPS) is 10.1. The third kappa shape index (κ3) is 2.80. The van der Waals surface area contributed by atoms with Gasteiger partial charge in [0.15, 0.2) is 12.1 Å². The van der Waals surface area contributed by atoms with Crippen LogP contribution < -0.4 is 0 Å². The molecule has 0 saturated heterocycles. The van der Waals surface area contributed by atoms with Crippen molar-refractivity contribution in [1.29, 1.82) is 0 Å². The lowest BCUT2D eigenvalue weighted by Gasteiger charge is -2.03. The standard InChI is InChI=1S/C14H8BrNO4/c15-12-3-1-2-9(7-12)14(18)10-4-5-13(16(19)20)11(6-10)8-17/h1-8H. The van der Waals surface area contributed by atoms with Gasteiger partial charge in [0.2, 0.25) is 0 Å².